The van der Waals surface area contributed by atoms with Gasteiger partial charge in [-0.05, 0) is 43.7 Å². The van der Waals surface area contributed by atoms with Gasteiger partial charge in [-0.15, -0.1) is 11.3 Å². The molecule has 150 valence electrons. The van der Waals surface area contributed by atoms with E-state index in [9.17, 15) is 9.59 Å². The molecule has 5 nitrogen and oxygen atoms in total. The lowest BCUT2D eigenvalue weighted by Crippen LogP contribution is -2.46. The molecule has 2 heterocycles. The summed E-state index contributed by atoms with van der Waals surface area (Å²) < 4.78 is 0. The fourth-order valence-electron chi connectivity index (χ4n) is 3.70. The van der Waals surface area contributed by atoms with Crippen LogP contribution in [0.2, 0.25) is 0 Å². The van der Waals surface area contributed by atoms with E-state index in [2.05, 4.69) is 34.6 Å². The van der Waals surface area contributed by atoms with E-state index >= 15 is 0 Å². The van der Waals surface area contributed by atoms with Gasteiger partial charge < -0.3 is 10.2 Å². The molecule has 6 heteroatoms. The molecule has 1 aromatic carbocycles. The molecular formula is C22H29N3O2S. The maximum absolute atomic E-state index is 12.8. The van der Waals surface area contributed by atoms with Crippen LogP contribution in [0.3, 0.4) is 0 Å². The molecular weight excluding hydrogens is 370 g/mol. The maximum atomic E-state index is 12.8. The molecule has 1 aliphatic rings. The third-order valence-corrected chi connectivity index (χ3v) is 6.21. The van der Waals surface area contributed by atoms with Gasteiger partial charge in [-0.3, -0.25) is 9.59 Å². The lowest BCUT2D eigenvalue weighted by Gasteiger charge is -2.26. The summed E-state index contributed by atoms with van der Waals surface area (Å²) in [6.45, 7) is 8.74. The number of carbonyl (C=O) groups excluding carboxylic acids is 2. The van der Waals surface area contributed by atoms with Crippen molar-refractivity contribution in [3.8, 4) is 10.4 Å². The van der Waals surface area contributed by atoms with E-state index in [0.29, 0.717) is 18.9 Å². The zero-order chi connectivity index (χ0) is 20.3. The van der Waals surface area contributed by atoms with Gasteiger partial charge in [0, 0.05) is 13.0 Å². The number of benzene rings is 1. The molecule has 1 saturated heterocycles. The Hall–Kier alpha value is -2.21. The summed E-state index contributed by atoms with van der Waals surface area (Å²) in [5.41, 5.74) is 5.09. The molecule has 1 fully saturated rings. The van der Waals surface area contributed by atoms with Crippen LogP contribution in [0.15, 0.2) is 29.8 Å². The number of thiazole rings is 1. The number of amides is 2. The van der Waals surface area contributed by atoms with E-state index in [1.165, 1.54) is 4.88 Å². The second kappa shape index (κ2) is 8.86. The topological polar surface area (TPSA) is 62.3 Å². The molecule has 2 aromatic rings. The van der Waals surface area contributed by atoms with Crippen molar-refractivity contribution in [2.45, 2.75) is 59.0 Å². The third-order valence-electron chi connectivity index (χ3n) is 5.24. The monoisotopic (exact) mass is 399 g/mol. The summed E-state index contributed by atoms with van der Waals surface area (Å²) in [5.74, 6) is 0.338. The number of likely N-dealkylation sites (tertiary alicyclic amines) is 1. The van der Waals surface area contributed by atoms with Gasteiger partial charge in [0.05, 0.1) is 22.1 Å². The molecule has 1 aromatic heterocycles. The summed E-state index contributed by atoms with van der Waals surface area (Å²) in [6.07, 6.45) is 2.13. The van der Waals surface area contributed by atoms with Crippen molar-refractivity contribution in [1.82, 2.24) is 15.2 Å². The van der Waals surface area contributed by atoms with E-state index in [0.717, 1.165) is 29.7 Å². The first-order chi connectivity index (χ1) is 13.4. The van der Waals surface area contributed by atoms with Gasteiger partial charge in [0.1, 0.15) is 6.04 Å². The zero-order valence-electron chi connectivity index (χ0n) is 17.1. The lowest BCUT2D eigenvalue weighted by atomic mass is 10.0. The van der Waals surface area contributed by atoms with Crippen molar-refractivity contribution in [3.05, 3.63) is 41.0 Å². The molecule has 1 unspecified atom stereocenters. The fourth-order valence-corrected chi connectivity index (χ4v) is 4.51. The van der Waals surface area contributed by atoms with Gasteiger partial charge in [0.15, 0.2) is 0 Å². The number of aryl methyl sites for hydroxylation is 1. The van der Waals surface area contributed by atoms with Gasteiger partial charge in [0.25, 0.3) is 0 Å². The number of aromatic nitrogens is 1. The van der Waals surface area contributed by atoms with Gasteiger partial charge in [0.2, 0.25) is 11.8 Å². The Bertz CT molecular complexity index is 829. The molecule has 0 saturated carbocycles. The highest BCUT2D eigenvalue weighted by molar-refractivity contribution is 7.13. The Kier molecular flexibility index (Phi) is 6.50. The van der Waals surface area contributed by atoms with Crippen molar-refractivity contribution in [2.24, 2.45) is 5.92 Å². The maximum Gasteiger partial charge on any atom is 0.243 e. The van der Waals surface area contributed by atoms with E-state index in [-0.39, 0.29) is 23.9 Å². The van der Waals surface area contributed by atoms with E-state index < -0.39 is 0 Å². The smallest absolute Gasteiger partial charge is 0.243 e. The highest BCUT2D eigenvalue weighted by Gasteiger charge is 2.34. The molecule has 0 spiro atoms. The van der Waals surface area contributed by atoms with Crippen LogP contribution >= 0.6 is 11.3 Å². The normalized spacial score (nSPS) is 17.8. The summed E-state index contributed by atoms with van der Waals surface area (Å²) in [7, 11) is 0. The lowest BCUT2D eigenvalue weighted by molar-refractivity contribution is -0.139. The van der Waals surface area contributed by atoms with Crippen molar-refractivity contribution in [3.63, 3.8) is 0 Å². The number of rotatable bonds is 6. The largest absolute Gasteiger partial charge is 0.348 e. The minimum absolute atomic E-state index is 0.0514. The first-order valence-electron chi connectivity index (χ1n) is 9.97. The molecule has 0 radical (unpaired) electrons. The highest BCUT2D eigenvalue weighted by atomic mass is 32.1. The Morgan fingerprint density at radius 2 is 1.96 bits per heavy atom. The number of hydrogen-bond acceptors (Lipinski definition) is 4. The fraction of sp³-hybridized carbons (Fsp3) is 0.500. The Morgan fingerprint density at radius 1 is 1.25 bits per heavy atom. The van der Waals surface area contributed by atoms with Crippen molar-refractivity contribution in [1.29, 1.82) is 0 Å². The Morgan fingerprint density at radius 3 is 2.57 bits per heavy atom. The predicted molar refractivity (Wildman–Crippen MR) is 113 cm³/mol. The summed E-state index contributed by atoms with van der Waals surface area (Å²) >= 11 is 1.63. The quantitative estimate of drug-likeness (QED) is 0.786. The number of nitrogens with zero attached hydrogens (tertiary/aromatic N) is 2. The molecule has 1 N–H and O–H groups in total. The minimum atomic E-state index is -0.340. The molecule has 2 amide bonds. The van der Waals surface area contributed by atoms with Crippen molar-refractivity contribution in [2.75, 3.05) is 6.54 Å². The van der Waals surface area contributed by atoms with Gasteiger partial charge in [-0.2, -0.15) is 0 Å². The van der Waals surface area contributed by atoms with Crippen LogP contribution in [0.4, 0.5) is 0 Å². The van der Waals surface area contributed by atoms with Crippen LogP contribution in [0.1, 0.15) is 57.3 Å². The number of hydrogen-bond donors (Lipinski definition) is 1. The first kappa shape index (κ1) is 20.5. The standard InChI is InChI=1S/C22H29N3O2S/c1-14(2)12-20(26)25-11-5-6-19(25)22(27)24-15(3)17-7-9-18(10-8-17)21-16(4)23-13-28-21/h7-10,13-15,19H,5-6,11-12H2,1-4H3,(H,24,27)/t15-,19?/m0/s1. The van der Waals surface area contributed by atoms with E-state index in [4.69, 9.17) is 0 Å². The molecule has 28 heavy (non-hydrogen) atoms. The average molecular weight is 400 g/mol. The minimum Gasteiger partial charge on any atom is -0.348 e. The summed E-state index contributed by atoms with van der Waals surface area (Å²) in [4.78, 5) is 32.5. The molecule has 0 aliphatic carbocycles. The molecule has 3 rings (SSSR count). The van der Waals surface area contributed by atoms with Crippen LogP contribution in [-0.2, 0) is 9.59 Å². The second-order valence-corrected chi connectivity index (χ2v) is 8.82. The third kappa shape index (κ3) is 4.61. The van der Waals surface area contributed by atoms with Gasteiger partial charge in [-0.1, -0.05) is 38.1 Å². The van der Waals surface area contributed by atoms with Crippen molar-refractivity contribution < 1.29 is 9.59 Å². The zero-order valence-corrected chi connectivity index (χ0v) is 17.9. The number of nitrogens with one attached hydrogen (secondary N) is 1. The van der Waals surface area contributed by atoms with Crippen LogP contribution in [0.5, 0.6) is 0 Å². The predicted octanol–water partition coefficient (Wildman–Crippen LogP) is 4.33. The van der Waals surface area contributed by atoms with Crippen LogP contribution < -0.4 is 5.32 Å². The van der Waals surface area contributed by atoms with E-state index in [1.807, 2.05) is 33.2 Å². The second-order valence-electron chi connectivity index (χ2n) is 7.96. The molecule has 1 aliphatic heterocycles. The highest BCUT2D eigenvalue weighted by Crippen LogP contribution is 2.28. The van der Waals surface area contributed by atoms with Crippen molar-refractivity contribution >= 4 is 23.2 Å². The SMILES string of the molecule is Cc1ncsc1-c1ccc([C@H](C)NC(=O)C2CCCN2C(=O)CC(C)C)cc1. The van der Waals surface area contributed by atoms with Crippen LogP contribution in [0, 0.1) is 12.8 Å². The summed E-state index contributed by atoms with van der Waals surface area (Å²) in [6, 6.07) is 7.81. The first-order valence-corrected chi connectivity index (χ1v) is 10.8. The van der Waals surface area contributed by atoms with E-state index in [1.54, 1.807) is 16.2 Å². The average Bonchev–Trinajstić information content (AvgIpc) is 3.30. The van der Waals surface area contributed by atoms with Gasteiger partial charge >= 0.3 is 0 Å². The Labute approximate surface area is 171 Å². The molecule has 2 atom stereocenters. The van der Waals surface area contributed by atoms with Gasteiger partial charge in [-0.25, -0.2) is 4.98 Å². The number of carbonyl (C=O) groups is 2. The Balaban J connectivity index is 1.63. The van der Waals surface area contributed by atoms with Crippen LogP contribution in [0.25, 0.3) is 10.4 Å². The molecule has 0 bridgehead atoms. The summed E-state index contributed by atoms with van der Waals surface area (Å²) in [5, 5.41) is 3.10. The van der Waals surface area contributed by atoms with Crippen LogP contribution in [-0.4, -0.2) is 34.3 Å².